The summed E-state index contributed by atoms with van der Waals surface area (Å²) in [6, 6.07) is 7.51. The number of Topliss-reactive ketones (excluding diaryl/α,β-unsaturated/α-hetero) is 1. The molecule has 0 radical (unpaired) electrons. The Hall–Kier alpha value is -2.03. The van der Waals surface area contributed by atoms with E-state index in [0.717, 1.165) is 23.4 Å². The van der Waals surface area contributed by atoms with Gasteiger partial charge in [-0.2, -0.15) is 0 Å². The lowest BCUT2D eigenvalue weighted by molar-refractivity contribution is 0.101. The number of carbonyl (C=O) groups is 1. The molecule has 0 N–H and O–H groups in total. The average molecular weight is 226 g/mol. The van der Waals surface area contributed by atoms with Gasteiger partial charge in [-0.25, -0.2) is 9.97 Å². The van der Waals surface area contributed by atoms with E-state index in [4.69, 9.17) is 0 Å². The van der Waals surface area contributed by atoms with Gasteiger partial charge in [0.05, 0.1) is 0 Å². The molecule has 17 heavy (non-hydrogen) atoms. The van der Waals surface area contributed by atoms with Crippen LogP contribution in [-0.2, 0) is 6.42 Å². The van der Waals surface area contributed by atoms with Gasteiger partial charge in [0, 0.05) is 29.9 Å². The molecule has 0 spiro atoms. The Kier molecular flexibility index (Phi) is 3.28. The fourth-order valence-electron chi connectivity index (χ4n) is 1.60. The number of ketones is 1. The Bertz CT molecular complexity index is 532. The fraction of sp³-hybridized carbons (Fsp3) is 0.214. The first-order chi connectivity index (χ1) is 8.20. The van der Waals surface area contributed by atoms with Crippen LogP contribution in [0.2, 0.25) is 0 Å². The predicted molar refractivity (Wildman–Crippen MR) is 66.9 cm³/mol. The second-order valence-electron chi connectivity index (χ2n) is 3.88. The average Bonchev–Trinajstić information content (AvgIpc) is 2.39. The summed E-state index contributed by atoms with van der Waals surface area (Å²) in [5.41, 5.74) is 2.62. The minimum atomic E-state index is 0.0675. The first-order valence-electron chi connectivity index (χ1n) is 5.63. The van der Waals surface area contributed by atoms with E-state index in [2.05, 4.69) is 9.97 Å². The van der Waals surface area contributed by atoms with Crippen LogP contribution >= 0.6 is 0 Å². The second-order valence-corrected chi connectivity index (χ2v) is 3.88. The first kappa shape index (κ1) is 11.5. The number of nitrogens with zero attached hydrogens (tertiary/aromatic N) is 2. The van der Waals surface area contributed by atoms with Crippen molar-refractivity contribution in [3.63, 3.8) is 0 Å². The van der Waals surface area contributed by atoms with Crippen LogP contribution in [0.5, 0.6) is 0 Å². The van der Waals surface area contributed by atoms with Crippen LogP contribution in [0.15, 0.2) is 36.7 Å². The molecule has 86 valence electrons. The van der Waals surface area contributed by atoms with Gasteiger partial charge in [0.15, 0.2) is 5.78 Å². The highest BCUT2D eigenvalue weighted by Crippen LogP contribution is 2.19. The smallest absolute Gasteiger partial charge is 0.159 e. The molecular formula is C14H14N2O. The monoisotopic (exact) mass is 226 g/mol. The van der Waals surface area contributed by atoms with E-state index in [-0.39, 0.29) is 5.78 Å². The van der Waals surface area contributed by atoms with Gasteiger partial charge in [-0.1, -0.05) is 25.1 Å². The highest BCUT2D eigenvalue weighted by molar-refractivity contribution is 5.95. The van der Waals surface area contributed by atoms with Crippen LogP contribution in [0.1, 0.15) is 30.0 Å². The third kappa shape index (κ3) is 2.56. The van der Waals surface area contributed by atoms with Crippen LogP contribution in [0, 0.1) is 0 Å². The summed E-state index contributed by atoms with van der Waals surface area (Å²) in [5.74, 6) is 0.898. The van der Waals surface area contributed by atoms with Gasteiger partial charge in [-0.3, -0.25) is 4.79 Å². The number of aromatic nitrogens is 2. The van der Waals surface area contributed by atoms with Crippen molar-refractivity contribution in [3.05, 3.63) is 48.0 Å². The van der Waals surface area contributed by atoms with Crippen LogP contribution in [0.25, 0.3) is 11.1 Å². The maximum atomic E-state index is 11.3. The van der Waals surface area contributed by atoms with Gasteiger partial charge >= 0.3 is 0 Å². The maximum Gasteiger partial charge on any atom is 0.159 e. The number of carbonyl (C=O) groups excluding carboxylic acids is 1. The lowest BCUT2D eigenvalue weighted by Crippen LogP contribution is -1.94. The zero-order valence-corrected chi connectivity index (χ0v) is 9.97. The number of hydrogen-bond acceptors (Lipinski definition) is 3. The van der Waals surface area contributed by atoms with Crippen LogP contribution < -0.4 is 0 Å². The largest absolute Gasteiger partial charge is 0.295 e. The summed E-state index contributed by atoms with van der Waals surface area (Å²) in [7, 11) is 0. The molecule has 0 saturated carbocycles. The molecule has 3 heteroatoms. The summed E-state index contributed by atoms with van der Waals surface area (Å²) in [6.07, 6.45) is 4.42. The highest BCUT2D eigenvalue weighted by atomic mass is 16.1. The second kappa shape index (κ2) is 4.87. The van der Waals surface area contributed by atoms with E-state index in [1.165, 1.54) is 0 Å². The minimum Gasteiger partial charge on any atom is -0.295 e. The standard InChI is InChI=1S/C14H14N2O/c1-3-14-15-8-13(9-16-14)12-6-4-5-11(7-12)10(2)17/h4-9H,3H2,1-2H3. The van der Waals surface area contributed by atoms with Gasteiger partial charge in [-0.05, 0) is 18.6 Å². The van der Waals surface area contributed by atoms with Gasteiger partial charge in [0.1, 0.15) is 5.82 Å². The zero-order chi connectivity index (χ0) is 12.3. The van der Waals surface area contributed by atoms with E-state index in [9.17, 15) is 4.79 Å². The summed E-state index contributed by atoms with van der Waals surface area (Å²) in [6.45, 7) is 3.58. The maximum absolute atomic E-state index is 11.3. The van der Waals surface area contributed by atoms with E-state index in [1.54, 1.807) is 19.3 Å². The SMILES string of the molecule is CCc1ncc(-c2cccc(C(C)=O)c2)cn1. The van der Waals surface area contributed by atoms with Gasteiger partial charge in [0.2, 0.25) is 0 Å². The first-order valence-corrected chi connectivity index (χ1v) is 5.63. The van der Waals surface area contributed by atoms with Crippen molar-refractivity contribution in [2.75, 3.05) is 0 Å². The van der Waals surface area contributed by atoms with Crippen molar-refractivity contribution < 1.29 is 4.79 Å². The lowest BCUT2D eigenvalue weighted by Gasteiger charge is -2.03. The van der Waals surface area contributed by atoms with Crippen molar-refractivity contribution in [1.82, 2.24) is 9.97 Å². The molecule has 0 aliphatic rings. The molecule has 0 atom stereocenters. The molecule has 0 fully saturated rings. The zero-order valence-electron chi connectivity index (χ0n) is 9.97. The highest BCUT2D eigenvalue weighted by Gasteiger charge is 2.03. The van der Waals surface area contributed by atoms with Crippen LogP contribution in [-0.4, -0.2) is 15.8 Å². The molecular weight excluding hydrogens is 212 g/mol. The van der Waals surface area contributed by atoms with Gasteiger partial charge in [-0.15, -0.1) is 0 Å². The topological polar surface area (TPSA) is 42.9 Å². The van der Waals surface area contributed by atoms with Crippen molar-refractivity contribution in [1.29, 1.82) is 0 Å². The Morgan fingerprint density at radius 2 is 1.88 bits per heavy atom. The third-order valence-corrected chi connectivity index (χ3v) is 2.62. The van der Waals surface area contributed by atoms with Crippen molar-refractivity contribution in [3.8, 4) is 11.1 Å². The van der Waals surface area contributed by atoms with Gasteiger partial charge < -0.3 is 0 Å². The molecule has 0 bridgehead atoms. The van der Waals surface area contributed by atoms with Crippen LogP contribution in [0.4, 0.5) is 0 Å². The lowest BCUT2D eigenvalue weighted by atomic mass is 10.0. The van der Waals surface area contributed by atoms with E-state index in [1.807, 2.05) is 31.2 Å². The molecule has 0 aliphatic carbocycles. The molecule has 2 rings (SSSR count). The quantitative estimate of drug-likeness (QED) is 0.756. The summed E-state index contributed by atoms with van der Waals surface area (Å²) >= 11 is 0. The number of aryl methyl sites for hydroxylation is 1. The van der Waals surface area contributed by atoms with E-state index >= 15 is 0 Å². The normalized spacial score (nSPS) is 10.2. The number of benzene rings is 1. The van der Waals surface area contributed by atoms with Crippen LogP contribution in [0.3, 0.4) is 0 Å². The van der Waals surface area contributed by atoms with Crippen molar-refractivity contribution in [2.45, 2.75) is 20.3 Å². The molecule has 2 aromatic rings. The van der Waals surface area contributed by atoms with Crippen molar-refractivity contribution in [2.24, 2.45) is 0 Å². The number of hydrogen-bond donors (Lipinski definition) is 0. The van der Waals surface area contributed by atoms with Gasteiger partial charge in [0.25, 0.3) is 0 Å². The predicted octanol–water partition coefficient (Wildman–Crippen LogP) is 2.91. The Balaban J connectivity index is 2.38. The molecule has 0 aliphatic heterocycles. The molecule has 0 amide bonds. The minimum absolute atomic E-state index is 0.0675. The summed E-state index contributed by atoms with van der Waals surface area (Å²) in [4.78, 5) is 19.8. The Labute approximate surface area is 101 Å². The number of rotatable bonds is 3. The third-order valence-electron chi connectivity index (χ3n) is 2.62. The fourth-order valence-corrected chi connectivity index (χ4v) is 1.60. The Morgan fingerprint density at radius 3 is 2.47 bits per heavy atom. The van der Waals surface area contributed by atoms with E-state index < -0.39 is 0 Å². The molecule has 3 nitrogen and oxygen atoms in total. The molecule has 1 heterocycles. The molecule has 0 saturated heterocycles. The summed E-state index contributed by atoms with van der Waals surface area (Å²) in [5, 5.41) is 0. The summed E-state index contributed by atoms with van der Waals surface area (Å²) < 4.78 is 0. The van der Waals surface area contributed by atoms with Crippen molar-refractivity contribution >= 4 is 5.78 Å². The Morgan fingerprint density at radius 1 is 1.18 bits per heavy atom. The molecule has 1 aromatic carbocycles. The molecule has 1 aromatic heterocycles. The molecule has 0 unspecified atom stereocenters. The van der Waals surface area contributed by atoms with E-state index in [0.29, 0.717) is 5.56 Å².